The molecular weight excluding hydrogens is 300 g/mol. The maximum absolute atomic E-state index is 11.3. The van der Waals surface area contributed by atoms with Crippen LogP contribution in [0.5, 0.6) is 0 Å². The smallest absolute Gasteiger partial charge is 0.303 e. The van der Waals surface area contributed by atoms with Crippen LogP contribution in [0.25, 0.3) is 0 Å². The second kappa shape index (κ2) is 8.06. The first-order valence-electron chi connectivity index (χ1n) is 6.60. The zero-order valence-corrected chi connectivity index (χ0v) is 12.8. The van der Waals surface area contributed by atoms with Crippen molar-refractivity contribution in [3.05, 3.63) is 0 Å². The molecule has 0 aliphatic carbocycles. The zero-order chi connectivity index (χ0) is 16.9. The topological polar surface area (TPSA) is 118 Å². The minimum atomic E-state index is -1.56. The van der Waals surface area contributed by atoms with E-state index < -0.39 is 48.6 Å². The number of rotatable bonds is 5. The summed E-state index contributed by atoms with van der Waals surface area (Å²) >= 11 is 0. The summed E-state index contributed by atoms with van der Waals surface area (Å²) in [6.45, 7) is 3.31. The van der Waals surface area contributed by atoms with Gasteiger partial charge in [0.05, 0.1) is 0 Å². The van der Waals surface area contributed by atoms with E-state index in [9.17, 15) is 19.5 Å². The van der Waals surface area contributed by atoms with Gasteiger partial charge in [0.2, 0.25) is 0 Å². The van der Waals surface area contributed by atoms with Crippen LogP contribution in [0.1, 0.15) is 20.8 Å². The molecule has 126 valence electrons. The minimum Gasteiger partial charge on any atom is -0.463 e. The third-order valence-electron chi connectivity index (χ3n) is 2.94. The van der Waals surface area contributed by atoms with Crippen molar-refractivity contribution in [1.82, 2.24) is 0 Å². The highest BCUT2D eigenvalue weighted by molar-refractivity contribution is 5.67. The molecule has 9 heteroatoms. The maximum atomic E-state index is 11.3. The van der Waals surface area contributed by atoms with Crippen LogP contribution in [0.3, 0.4) is 0 Å². The molecule has 22 heavy (non-hydrogen) atoms. The molecule has 0 amide bonds. The Hall–Kier alpha value is -1.71. The molecule has 1 N–H and O–H groups in total. The van der Waals surface area contributed by atoms with Gasteiger partial charge in [-0.1, -0.05) is 0 Å². The standard InChI is InChI=1S/C13H20O9/c1-6(14)19-5-9-10(18-4)11(20-7(2)15)12(13(17)22-9)21-8(3)16/h9-13,17H,5H2,1-4H3/t9-,10+,11+,12-,13+/m1/s1. The number of aliphatic hydroxyl groups is 1. The van der Waals surface area contributed by atoms with Gasteiger partial charge in [-0.2, -0.15) is 0 Å². The van der Waals surface area contributed by atoms with Crippen LogP contribution in [-0.2, 0) is 38.1 Å². The first kappa shape index (κ1) is 18.3. The number of carbonyl (C=O) groups is 3. The average Bonchev–Trinajstić information content (AvgIpc) is 2.39. The Labute approximate surface area is 127 Å². The fourth-order valence-electron chi connectivity index (χ4n) is 2.16. The number of carbonyl (C=O) groups excluding carboxylic acids is 3. The highest BCUT2D eigenvalue weighted by Crippen LogP contribution is 2.27. The summed E-state index contributed by atoms with van der Waals surface area (Å²) in [4.78, 5) is 33.3. The van der Waals surface area contributed by atoms with Crippen LogP contribution < -0.4 is 0 Å². The van der Waals surface area contributed by atoms with E-state index in [1.807, 2.05) is 0 Å². The van der Waals surface area contributed by atoms with Gasteiger partial charge in [-0.25, -0.2) is 0 Å². The van der Waals surface area contributed by atoms with Crippen molar-refractivity contribution >= 4 is 17.9 Å². The van der Waals surface area contributed by atoms with E-state index in [1.165, 1.54) is 21.0 Å². The monoisotopic (exact) mass is 320 g/mol. The quantitative estimate of drug-likeness (QED) is 0.510. The van der Waals surface area contributed by atoms with Crippen molar-refractivity contribution in [2.24, 2.45) is 0 Å². The summed E-state index contributed by atoms with van der Waals surface area (Å²) in [5.74, 6) is -1.87. The summed E-state index contributed by atoms with van der Waals surface area (Å²) in [6.07, 6.45) is -5.69. The van der Waals surface area contributed by atoms with E-state index in [-0.39, 0.29) is 6.61 Å². The van der Waals surface area contributed by atoms with Gasteiger partial charge in [-0.05, 0) is 0 Å². The molecule has 0 saturated carbocycles. The van der Waals surface area contributed by atoms with Gasteiger partial charge in [-0.15, -0.1) is 0 Å². The molecule has 5 atom stereocenters. The molecule has 1 aliphatic rings. The van der Waals surface area contributed by atoms with Gasteiger partial charge in [-0.3, -0.25) is 14.4 Å². The predicted octanol–water partition coefficient (Wildman–Crippen LogP) is -0.855. The fourth-order valence-corrected chi connectivity index (χ4v) is 2.16. The first-order chi connectivity index (χ1) is 10.3. The number of hydrogen-bond donors (Lipinski definition) is 1. The van der Waals surface area contributed by atoms with Gasteiger partial charge in [0.1, 0.15) is 18.8 Å². The van der Waals surface area contributed by atoms with Gasteiger partial charge in [0, 0.05) is 27.9 Å². The highest BCUT2D eigenvalue weighted by atomic mass is 16.7. The molecule has 1 fully saturated rings. The molecule has 0 unspecified atom stereocenters. The maximum Gasteiger partial charge on any atom is 0.303 e. The van der Waals surface area contributed by atoms with E-state index >= 15 is 0 Å². The molecule has 1 saturated heterocycles. The summed E-state index contributed by atoms with van der Waals surface area (Å²) in [5, 5.41) is 9.96. The Balaban J connectivity index is 2.96. The van der Waals surface area contributed by atoms with Crippen molar-refractivity contribution in [3.8, 4) is 0 Å². The second-order valence-electron chi connectivity index (χ2n) is 4.72. The first-order valence-corrected chi connectivity index (χ1v) is 6.60. The van der Waals surface area contributed by atoms with E-state index in [0.29, 0.717) is 0 Å². The molecular formula is C13H20O9. The van der Waals surface area contributed by atoms with Crippen molar-refractivity contribution in [2.45, 2.75) is 51.5 Å². The van der Waals surface area contributed by atoms with E-state index in [2.05, 4.69) is 0 Å². The van der Waals surface area contributed by atoms with Crippen molar-refractivity contribution < 1.29 is 43.2 Å². The molecule has 0 radical (unpaired) electrons. The van der Waals surface area contributed by atoms with Gasteiger partial charge in [0.25, 0.3) is 0 Å². The van der Waals surface area contributed by atoms with Crippen LogP contribution in [0.2, 0.25) is 0 Å². The Morgan fingerprint density at radius 1 is 0.955 bits per heavy atom. The van der Waals surface area contributed by atoms with Crippen molar-refractivity contribution in [2.75, 3.05) is 13.7 Å². The van der Waals surface area contributed by atoms with Crippen LogP contribution in [0.4, 0.5) is 0 Å². The van der Waals surface area contributed by atoms with E-state index in [4.69, 9.17) is 23.7 Å². The number of hydrogen-bond acceptors (Lipinski definition) is 9. The average molecular weight is 320 g/mol. The third-order valence-corrected chi connectivity index (χ3v) is 2.94. The van der Waals surface area contributed by atoms with E-state index in [0.717, 1.165) is 6.92 Å². The molecule has 1 aliphatic heterocycles. The van der Waals surface area contributed by atoms with Crippen molar-refractivity contribution in [1.29, 1.82) is 0 Å². The Morgan fingerprint density at radius 2 is 1.50 bits per heavy atom. The lowest BCUT2D eigenvalue weighted by Gasteiger charge is -2.42. The van der Waals surface area contributed by atoms with Gasteiger partial charge < -0.3 is 28.8 Å². The zero-order valence-electron chi connectivity index (χ0n) is 12.8. The van der Waals surface area contributed by atoms with Crippen LogP contribution >= 0.6 is 0 Å². The lowest BCUT2D eigenvalue weighted by molar-refractivity contribution is -0.297. The third kappa shape index (κ3) is 4.93. The van der Waals surface area contributed by atoms with Crippen LogP contribution in [0, 0.1) is 0 Å². The minimum absolute atomic E-state index is 0.213. The normalized spacial score (nSPS) is 31.2. The number of methoxy groups -OCH3 is 1. The summed E-state index contributed by atoms with van der Waals surface area (Å²) in [5.41, 5.74) is 0. The molecule has 1 rings (SSSR count). The van der Waals surface area contributed by atoms with Crippen LogP contribution in [-0.4, -0.2) is 67.4 Å². The van der Waals surface area contributed by atoms with Crippen molar-refractivity contribution in [3.63, 3.8) is 0 Å². The Bertz CT molecular complexity index is 422. The molecule has 0 bridgehead atoms. The summed E-state index contributed by atoms with van der Waals surface area (Å²) in [7, 11) is 1.33. The molecule has 0 aromatic carbocycles. The lowest BCUT2D eigenvalue weighted by atomic mass is 9.98. The molecule has 0 aromatic rings. The summed E-state index contributed by atoms with van der Waals surface area (Å²) < 4.78 is 25.3. The molecule has 0 spiro atoms. The Kier molecular flexibility index (Phi) is 6.72. The van der Waals surface area contributed by atoms with E-state index in [1.54, 1.807) is 0 Å². The largest absolute Gasteiger partial charge is 0.463 e. The van der Waals surface area contributed by atoms with Crippen LogP contribution in [0.15, 0.2) is 0 Å². The number of ether oxygens (including phenoxy) is 5. The lowest BCUT2D eigenvalue weighted by Crippen LogP contribution is -2.61. The molecule has 1 heterocycles. The molecule has 0 aromatic heterocycles. The Morgan fingerprint density at radius 3 is 1.95 bits per heavy atom. The fraction of sp³-hybridized carbons (Fsp3) is 0.769. The number of aliphatic hydroxyl groups excluding tert-OH is 1. The predicted molar refractivity (Wildman–Crippen MR) is 69.4 cm³/mol. The highest BCUT2D eigenvalue weighted by Gasteiger charge is 2.50. The molecule has 9 nitrogen and oxygen atoms in total. The number of esters is 3. The summed E-state index contributed by atoms with van der Waals surface area (Å²) in [6, 6.07) is 0. The second-order valence-corrected chi connectivity index (χ2v) is 4.72. The SMILES string of the molecule is CO[C@@H]1[C@H](OC(C)=O)[C@@H](OC(C)=O)[C@@H](O)O[C@@H]1COC(C)=O. The van der Waals surface area contributed by atoms with Gasteiger partial charge in [0.15, 0.2) is 18.5 Å². The van der Waals surface area contributed by atoms with Gasteiger partial charge >= 0.3 is 17.9 Å².